The molecule has 1 aromatic heterocycles. The van der Waals surface area contributed by atoms with Crippen LogP contribution in [0.5, 0.6) is 5.75 Å². The van der Waals surface area contributed by atoms with Crippen LogP contribution in [0, 0.1) is 0 Å². The van der Waals surface area contributed by atoms with Gasteiger partial charge in [0.15, 0.2) is 0 Å². The summed E-state index contributed by atoms with van der Waals surface area (Å²) >= 11 is 0. The predicted octanol–water partition coefficient (Wildman–Crippen LogP) is 3.40. The van der Waals surface area contributed by atoms with Gasteiger partial charge in [0.25, 0.3) is 5.91 Å². The smallest absolute Gasteiger partial charge is 0.256 e. The fraction of sp³-hybridized carbons (Fsp3) is 0.158. The minimum Gasteiger partial charge on any atom is -0.497 e. The van der Waals surface area contributed by atoms with Crippen molar-refractivity contribution in [1.82, 2.24) is 9.88 Å². The zero-order chi connectivity index (χ0) is 15.8. The normalized spacial score (nSPS) is 13.4. The van der Waals surface area contributed by atoms with Gasteiger partial charge in [-0.3, -0.25) is 9.78 Å². The molecule has 0 saturated heterocycles. The second-order valence-corrected chi connectivity index (χ2v) is 5.68. The summed E-state index contributed by atoms with van der Waals surface area (Å²) in [6.07, 6.45) is 0. The number of hydrogen-bond acceptors (Lipinski definition) is 3. The van der Waals surface area contributed by atoms with Gasteiger partial charge >= 0.3 is 0 Å². The molecule has 0 saturated carbocycles. The van der Waals surface area contributed by atoms with E-state index in [9.17, 15) is 4.79 Å². The van der Waals surface area contributed by atoms with Crippen molar-refractivity contribution >= 4 is 16.8 Å². The van der Waals surface area contributed by atoms with Gasteiger partial charge < -0.3 is 9.64 Å². The number of hydrogen-bond donors (Lipinski definition) is 0. The second-order valence-electron chi connectivity index (χ2n) is 5.68. The van der Waals surface area contributed by atoms with E-state index in [2.05, 4.69) is 4.98 Å². The van der Waals surface area contributed by atoms with Crippen molar-refractivity contribution in [3.8, 4) is 5.75 Å². The van der Waals surface area contributed by atoms with Crippen LogP contribution in [0.2, 0.25) is 0 Å². The lowest BCUT2D eigenvalue weighted by atomic mass is 10.1. The summed E-state index contributed by atoms with van der Waals surface area (Å²) in [7, 11) is 1.64. The van der Waals surface area contributed by atoms with E-state index in [-0.39, 0.29) is 5.91 Å². The molecular weight excluding hydrogens is 288 g/mol. The lowest BCUT2D eigenvalue weighted by Gasteiger charge is -2.15. The molecule has 2 aromatic carbocycles. The third-order valence-corrected chi connectivity index (χ3v) is 4.19. The Labute approximate surface area is 134 Å². The monoisotopic (exact) mass is 304 g/mol. The minimum atomic E-state index is 0.0501. The molecule has 4 heteroatoms. The third kappa shape index (κ3) is 2.42. The number of benzene rings is 2. The van der Waals surface area contributed by atoms with E-state index in [1.165, 1.54) is 0 Å². The van der Waals surface area contributed by atoms with Crippen LogP contribution in [0.25, 0.3) is 10.9 Å². The average Bonchev–Trinajstić information content (AvgIpc) is 2.89. The van der Waals surface area contributed by atoms with Crippen molar-refractivity contribution in [2.75, 3.05) is 7.11 Å². The molecule has 1 aliphatic heterocycles. The molecule has 0 spiro atoms. The summed E-state index contributed by atoms with van der Waals surface area (Å²) in [4.78, 5) is 19.1. The Bertz CT molecular complexity index is 888. The van der Waals surface area contributed by atoms with Gasteiger partial charge in [-0.25, -0.2) is 0 Å². The van der Waals surface area contributed by atoms with Gasteiger partial charge in [0.2, 0.25) is 0 Å². The SMILES string of the molecule is COc1ccc(CN2Cc3nc4ccccc4cc3C2=O)cc1. The molecular formula is C19H16N2O2. The van der Waals surface area contributed by atoms with Crippen LogP contribution < -0.4 is 4.74 Å². The van der Waals surface area contributed by atoms with Crippen LogP contribution >= 0.6 is 0 Å². The fourth-order valence-electron chi connectivity index (χ4n) is 2.96. The van der Waals surface area contributed by atoms with E-state index in [4.69, 9.17) is 4.74 Å². The molecule has 114 valence electrons. The molecule has 23 heavy (non-hydrogen) atoms. The quantitative estimate of drug-likeness (QED) is 0.745. The van der Waals surface area contributed by atoms with E-state index in [1.54, 1.807) is 7.11 Å². The maximum absolute atomic E-state index is 12.6. The molecule has 0 N–H and O–H groups in total. The van der Waals surface area contributed by atoms with Crippen LogP contribution in [0.3, 0.4) is 0 Å². The number of fused-ring (bicyclic) bond motifs is 2. The number of pyridine rings is 1. The number of methoxy groups -OCH3 is 1. The molecule has 4 nitrogen and oxygen atoms in total. The highest BCUT2D eigenvalue weighted by Gasteiger charge is 2.28. The molecule has 3 aromatic rings. The summed E-state index contributed by atoms with van der Waals surface area (Å²) in [5.74, 6) is 0.867. The summed E-state index contributed by atoms with van der Waals surface area (Å²) in [6, 6.07) is 17.6. The number of nitrogens with zero attached hydrogens (tertiary/aromatic N) is 2. The Morgan fingerprint density at radius 1 is 1.13 bits per heavy atom. The van der Waals surface area contributed by atoms with Gasteiger partial charge in [0.05, 0.1) is 30.4 Å². The van der Waals surface area contributed by atoms with E-state index in [0.29, 0.717) is 13.1 Å². The fourth-order valence-corrected chi connectivity index (χ4v) is 2.96. The van der Waals surface area contributed by atoms with Crippen molar-refractivity contribution in [2.24, 2.45) is 0 Å². The van der Waals surface area contributed by atoms with Crippen LogP contribution in [0.4, 0.5) is 0 Å². The topological polar surface area (TPSA) is 42.4 Å². The summed E-state index contributed by atoms with van der Waals surface area (Å²) in [6.45, 7) is 1.14. The van der Waals surface area contributed by atoms with Crippen LogP contribution in [0.15, 0.2) is 54.6 Å². The molecule has 1 aliphatic rings. The first-order valence-electron chi connectivity index (χ1n) is 7.55. The summed E-state index contributed by atoms with van der Waals surface area (Å²) < 4.78 is 5.16. The largest absolute Gasteiger partial charge is 0.497 e. The Balaban J connectivity index is 1.62. The van der Waals surface area contributed by atoms with E-state index in [0.717, 1.165) is 33.5 Å². The molecule has 1 amide bonds. The van der Waals surface area contributed by atoms with Gasteiger partial charge in [-0.1, -0.05) is 30.3 Å². The van der Waals surface area contributed by atoms with Crippen LogP contribution in [0.1, 0.15) is 21.6 Å². The zero-order valence-corrected chi connectivity index (χ0v) is 12.8. The maximum Gasteiger partial charge on any atom is 0.256 e. The Morgan fingerprint density at radius 2 is 1.91 bits per heavy atom. The molecule has 2 heterocycles. The molecule has 0 unspecified atom stereocenters. The van der Waals surface area contributed by atoms with Gasteiger partial charge in [0, 0.05) is 11.9 Å². The Hall–Kier alpha value is -2.88. The van der Waals surface area contributed by atoms with E-state index < -0.39 is 0 Å². The zero-order valence-electron chi connectivity index (χ0n) is 12.8. The molecule has 0 bridgehead atoms. The lowest BCUT2D eigenvalue weighted by Crippen LogP contribution is -2.23. The first kappa shape index (κ1) is 13.8. The van der Waals surface area contributed by atoms with Gasteiger partial charge in [-0.2, -0.15) is 0 Å². The first-order chi connectivity index (χ1) is 11.2. The van der Waals surface area contributed by atoms with Crippen molar-refractivity contribution < 1.29 is 9.53 Å². The van der Waals surface area contributed by atoms with E-state index in [1.807, 2.05) is 59.5 Å². The third-order valence-electron chi connectivity index (χ3n) is 4.19. The van der Waals surface area contributed by atoms with Crippen LogP contribution in [-0.2, 0) is 13.1 Å². The first-order valence-corrected chi connectivity index (χ1v) is 7.55. The molecule has 0 fully saturated rings. The van der Waals surface area contributed by atoms with Crippen molar-refractivity contribution in [3.05, 3.63) is 71.4 Å². The van der Waals surface area contributed by atoms with Crippen molar-refractivity contribution in [3.63, 3.8) is 0 Å². The average molecular weight is 304 g/mol. The number of carbonyl (C=O) groups is 1. The number of para-hydroxylation sites is 1. The minimum absolute atomic E-state index is 0.0501. The lowest BCUT2D eigenvalue weighted by molar-refractivity contribution is 0.0766. The summed E-state index contributed by atoms with van der Waals surface area (Å²) in [5, 5.41) is 1.01. The van der Waals surface area contributed by atoms with Gasteiger partial charge in [0.1, 0.15) is 5.75 Å². The number of amides is 1. The summed E-state index contributed by atoms with van der Waals surface area (Å²) in [5.41, 5.74) is 3.60. The second kappa shape index (κ2) is 5.39. The van der Waals surface area contributed by atoms with Crippen LogP contribution in [-0.4, -0.2) is 22.9 Å². The molecule has 0 atom stereocenters. The van der Waals surface area contributed by atoms with Crippen molar-refractivity contribution in [1.29, 1.82) is 0 Å². The van der Waals surface area contributed by atoms with Gasteiger partial charge in [-0.05, 0) is 29.8 Å². The van der Waals surface area contributed by atoms with E-state index >= 15 is 0 Å². The Kier molecular flexibility index (Phi) is 3.23. The predicted molar refractivity (Wildman–Crippen MR) is 88.3 cm³/mol. The molecule has 4 rings (SSSR count). The van der Waals surface area contributed by atoms with Crippen molar-refractivity contribution in [2.45, 2.75) is 13.1 Å². The maximum atomic E-state index is 12.6. The number of rotatable bonds is 3. The molecule has 0 aliphatic carbocycles. The number of carbonyl (C=O) groups excluding carboxylic acids is 1. The Morgan fingerprint density at radius 3 is 2.70 bits per heavy atom. The highest BCUT2D eigenvalue weighted by molar-refractivity contribution is 6.00. The number of aromatic nitrogens is 1. The highest BCUT2D eigenvalue weighted by Crippen LogP contribution is 2.26. The van der Waals surface area contributed by atoms with Gasteiger partial charge in [-0.15, -0.1) is 0 Å². The molecule has 0 radical (unpaired) electrons. The highest BCUT2D eigenvalue weighted by atomic mass is 16.5. The number of ether oxygens (including phenoxy) is 1. The standard InChI is InChI=1S/C19H16N2O2/c1-23-15-8-6-13(7-9-15)11-21-12-18-16(19(21)22)10-14-4-2-3-5-17(14)20-18/h2-10H,11-12H2,1H3.